The lowest BCUT2D eigenvalue weighted by atomic mass is 10.0. The number of rotatable bonds is 5. The summed E-state index contributed by atoms with van der Waals surface area (Å²) >= 11 is 1.92. The number of nitrogens with zero attached hydrogens (tertiary/aromatic N) is 2. The van der Waals surface area contributed by atoms with Gasteiger partial charge in [-0.1, -0.05) is 0 Å². The molecule has 1 aromatic rings. The summed E-state index contributed by atoms with van der Waals surface area (Å²) in [6, 6.07) is 0.971. The molecular weight excluding hydrogens is 301 g/mol. The Kier molecular flexibility index (Phi) is 5.55. The first-order valence-corrected chi connectivity index (χ1v) is 8.16. The van der Waals surface area contributed by atoms with Crippen LogP contribution < -0.4 is 10.6 Å². The van der Waals surface area contributed by atoms with Crippen LogP contribution in [-0.2, 0) is 6.18 Å². The van der Waals surface area contributed by atoms with E-state index in [1.54, 1.807) is 6.92 Å². The van der Waals surface area contributed by atoms with Gasteiger partial charge >= 0.3 is 6.18 Å². The molecule has 1 saturated heterocycles. The standard InChI is InChI=1S/C13H19F3N4S/c1-2-17-12-19-10(13(14,15)16)7-11(20-12)18-8-9-3-5-21-6-4-9/h7,9H,2-6,8H2,1H3,(H2,17,18,19,20). The number of hydrogen-bond acceptors (Lipinski definition) is 5. The van der Waals surface area contributed by atoms with Gasteiger partial charge in [-0.3, -0.25) is 0 Å². The summed E-state index contributed by atoms with van der Waals surface area (Å²) in [7, 11) is 0. The summed E-state index contributed by atoms with van der Waals surface area (Å²) < 4.78 is 38.5. The third-order valence-electron chi connectivity index (χ3n) is 3.26. The van der Waals surface area contributed by atoms with Crippen LogP contribution in [0.4, 0.5) is 24.9 Å². The molecule has 0 unspecified atom stereocenters. The highest BCUT2D eigenvalue weighted by Gasteiger charge is 2.33. The molecule has 0 amide bonds. The van der Waals surface area contributed by atoms with E-state index in [0.29, 0.717) is 19.0 Å². The zero-order chi connectivity index (χ0) is 15.3. The fourth-order valence-electron chi connectivity index (χ4n) is 2.12. The molecule has 1 aliphatic heterocycles. The first kappa shape index (κ1) is 16.2. The van der Waals surface area contributed by atoms with E-state index >= 15 is 0 Å². The molecule has 1 fully saturated rings. The van der Waals surface area contributed by atoms with Crippen LogP contribution in [0.3, 0.4) is 0 Å². The molecule has 1 aliphatic rings. The average molecular weight is 320 g/mol. The van der Waals surface area contributed by atoms with Crippen molar-refractivity contribution in [2.45, 2.75) is 25.9 Å². The molecule has 2 N–H and O–H groups in total. The van der Waals surface area contributed by atoms with Gasteiger partial charge < -0.3 is 10.6 Å². The van der Waals surface area contributed by atoms with Crippen molar-refractivity contribution in [2.75, 3.05) is 35.2 Å². The summed E-state index contributed by atoms with van der Waals surface area (Å²) in [5.74, 6) is 2.97. The number of alkyl halides is 3. The van der Waals surface area contributed by atoms with E-state index in [-0.39, 0.29) is 11.8 Å². The second kappa shape index (κ2) is 7.20. The molecule has 0 atom stereocenters. The van der Waals surface area contributed by atoms with E-state index in [0.717, 1.165) is 30.4 Å². The van der Waals surface area contributed by atoms with Crippen molar-refractivity contribution in [3.63, 3.8) is 0 Å². The van der Waals surface area contributed by atoms with E-state index in [4.69, 9.17) is 0 Å². The number of anilines is 2. The molecule has 118 valence electrons. The molecule has 0 aliphatic carbocycles. The fourth-order valence-corrected chi connectivity index (χ4v) is 3.32. The third kappa shape index (κ3) is 4.94. The molecule has 2 heterocycles. The topological polar surface area (TPSA) is 49.8 Å². The Bertz CT molecular complexity index is 461. The van der Waals surface area contributed by atoms with Crippen LogP contribution >= 0.6 is 11.8 Å². The molecule has 1 aromatic heterocycles. The number of aromatic nitrogens is 2. The van der Waals surface area contributed by atoms with Gasteiger partial charge in [-0.15, -0.1) is 0 Å². The second-order valence-electron chi connectivity index (χ2n) is 4.93. The van der Waals surface area contributed by atoms with Gasteiger partial charge in [0, 0.05) is 19.2 Å². The van der Waals surface area contributed by atoms with Gasteiger partial charge in [-0.25, -0.2) is 4.98 Å². The molecule has 0 radical (unpaired) electrons. The van der Waals surface area contributed by atoms with Crippen molar-refractivity contribution in [1.29, 1.82) is 0 Å². The normalized spacial score (nSPS) is 16.8. The molecule has 21 heavy (non-hydrogen) atoms. The van der Waals surface area contributed by atoms with E-state index in [9.17, 15) is 13.2 Å². The monoisotopic (exact) mass is 320 g/mol. The second-order valence-corrected chi connectivity index (χ2v) is 6.15. The van der Waals surface area contributed by atoms with Crippen LogP contribution in [0, 0.1) is 5.92 Å². The van der Waals surface area contributed by atoms with Gasteiger partial charge in [0.15, 0.2) is 5.69 Å². The van der Waals surface area contributed by atoms with Crippen LogP contribution in [0.15, 0.2) is 6.07 Å². The smallest absolute Gasteiger partial charge is 0.370 e. The SMILES string of the molecule is CCNc1nc(NCC2CCSCC2)cc(C(F)(F)F)n1. The summed E-state index contributed by atoms with van der Waals surface area (Å²) in [5.41, 5.74) is -0.921. The maximum Gasteiger partial charge on any atom is 0.433 e. The minimum atomic E-state index is -4.47. The highest BCUT2D eigenvalue weighted by atomic mass is 32.2. The zero-order valence-corrected chi connectivity index (χ0v) is 12.7. The average Bonchev–Trinajstić information content (AvgIpc) is 2.45. The molecule has 0 bridgehead atoms. The van der Waals surface area contributed by atoms with Crippen molar-refractivity contribution in [1.82, 2.24) is 9.97 Å². The highest BCUT2D eigenvalue weighted by molar-refractivity contribution is 7.99. The number of halogens is 3. The van der Waals surface area contributed by atoms with Gasteiger partial charge in [-0.2, -0.15) is 29.9 Å². The minimum absolute atomic E-state index is 0.00836. The van der Waals surface area contributed by atoms with Crippen molar-refractivity contribution < 1.29 is 13.2 Å². The largest absolute Gasteiger partial charge is 0.433 e. The van der Waals surface area contributed by atoms with Crippen LogP contribution in [0.2, 0.25) is 0 Å². The predicted molar refractivity (Wildman–Crippen MR) is 79.7 cm³/mol. The van der Waals surface area contributed by atoms with Gasteiger partial charge in [0.2, 0.25) is 5.95 Å². The van der Waals surface area contributed by atoms with Crippen molar-refractivity contribution in [3.05, 3.63) is 11.8 Å². The highest BCUT2D eigenvalue weighted by Crippen LogP contribution is 2.30. The Labute approximate surface area is 126 Å². The maximum atomic E-state index is 12.8. The first-order valence-electron chi connectivity index (χ1n) is 7.01. The van der Waals surface area contributed by atoms with E-state index in [2.05, 4.69) is 20.6 Å². The maximum absolute atomic E-state index is 12.8. The quantitative estimate of drug-likeness (QED) is 0.870. The summed E-state index contributed by atoms with van der Waals surface area (Å²) in [4.78, 5) is 7.58. The van der Waals surface area contributed by atoms with Crippen molar-refractivity contribution >= 4 is 23.5 Å². The molecule has 0 spiro atoms. The summed E-state index contributed by atoms with van der Waals surface area (Å²) in [6.07, 6.45) is -2.28. The lowest BCUT2D eigenvalue weighted by Gasteiger charge is -2.22. The zero-order valence-electron chi connectivity index (χ0n) is 11.8. The Morgan fingerprint density at radius 3 is 2.57 bits per heavy atom. The minimum Gasteiger partial charge on any atom is -0.370 e. The molecular formula is C13H19F3N4S. The van der Waals surface area contributed by atoms with Crippen LogP contribution in [0.1, 0.15) is 25.5 Å². The number of thioether (sulfide) groups is 1. The van der Waals surface area contributed by atoms with E-state index < -0.39 is 11.9 Å². The predicted octanol–water partition coefficient (Wildman–Crippen LogP) is 3.48. The fraction of sp³-hybridized carbons (Fsp3) is 0.692. The summed E-state index contributed by atoms with van der Waals surface area (Å²) in [5, 5.41) is 5.76. The Morgan fingerprint density at radius 2 is 1.95 bits per heavy atom. The first-order chi connectivity index (χ1) is 9.99. The molecule has 2 rings (SSSR count). The Balaban J connectivity index is 2.07. The van der Waals surface area contributed by atoms with Gasteiger partial charge in [-0.05, 0) is 37.2 Å². The lowest BCUT2D eigenvalue weighted by Crippen LogP contribution is -2.20. The molecule has 0 aromatic carbocycles. The van der Waals surface area contributed by atoms with Gasteiger partial charge in [0.05, 0.1) is 0 Å². The van der Waals surface area contributed by atoms with Crippen molar-refractivity contribution in [2.24, 2.45) is 5.92 Å². The van der Waals surface area contributed by atoms with E-state index in [1.165, 1.54) is 0 Å². The molecule has 8 heteroatoms. The van der Waals surface area contributed by atoms with Crippen LogP contribution in [0.25, 0.3) is 0 Å². The van der Waals surface area contributed by atoms with Crippen LogP contribution in [0.5, 0.6) is 0 Å². The summed E-state index contributed by atoms with van der Waals surface area (Å²) in [6.45, 7) is 2.91. The Hall–Kier alpha value is -1.18. The number of nitrogens with one attached hydrogen (secondary N) is 2. The third-order valence-corrected chi connectivity index (χ3v) is 4.31. The molecule has 4 nitrogen and oxygen atoms in total. The van der Waals surface area contributed by atoms with Gasteiger partial charge in [0.1, 0.15) is 5.82 Å². The van der Waals surface area contributed by atoms with Crippen molar-refractivity contribution in [3.8, 4) is 0 Å². The number of hydrogen-bond donors (Lipinski definition) is 2. The van der Waals surface area contributed by atoms with Crippen LogP contribution in [-0.4, -0.2) is 34.6 Å². The van der Waals surface area contributed by atoms with E-state index in [1.807, 2.05) is 11.8 Å². The molecule has 0 saturated carbocycles. The lowest BCUT2D eigenvalue weighted by molar-refractivity contribution is -0.141. The van der Waals surface area contributed by atoms with Gasteiger partial charge in [0.25, 0.3) is 0 Å². The Morgan fingerprint density at radius 1 is 1.24 bits per heavy atom.